The summed E-state index contributed by atoms with van der Waals surface area (Å²) in [5.41, 5.74) is 0.466. The van der Waals surface area contributed by atoms with Crippen molar-refractivity contribution in [3.63, 3.8) is 0 Å². The highest BCUT2D eigenvalue weighted by molar-refractivity contribution is 5.92. The second-order valence-corrected chi connectivity index (χ2v) is 3.14. The number of rotatable bonds is 6. The summed E-state index contributed by atoms with van der Waals surface area (Å²) in [4.78, 5) is 11.6. The summed E-state index contributed by atoms with van der Waals surface area (Å²) in [7, 11) is 0. The number of carbonyl (C=O) groups is 1. The minimum atomic E-state index is -0.350. The van der Waals surface area contributed by atoms with Gasteiger partial charge in [0.1, 0.15) is 11.3 Å². The van der Waals surface area contributed by atoms with Crippen LogP contribution in [0.1, 0.15) is 23.7 Å². The lowest BCUT2D eigenvalue weighted by atomic mass is 10.2. The Labute approximate surface area is 95.7 Å². The molecule has 0 aliphatic carbocycles. The molecule has 0 bridgehead atoms. The van der Waals surface area contributed by atoms with E-state index in [1.165, 1.54) is 0 Å². The van der Waals surface area contributed by atoms with Crippen LogP contribution in [0.3, 0.4) is 0 Å². The maximum atomic E-state index is 11.6. The van der Waals surface area contributed by atoms with Crippen molar-refractivity contribution in [1.29, 1.82) is 0 Å². The molecule has 0 heterocycles. The first-order chi connectivity index (χ1) is 7.79. The lowest BCUT2D eigenvalue weighted by molar-refractivity contribution is 0.0522. The fourth-order valence-electron chi connectivity index (χ4n) is 1.22. The Bertz CT molecular complexity index is 358. The molecule has 0 fully saturated rings. The van der Waals surface area contributed by atoms with Crippen LogP contribution in [-0.2, 0) is 4.74 Å². The summed E-state index contributed by atoms with van der Waals surface area (Å²) < 4.78 is 10.4. The summed E-state index contributed by atoms with van der Waals surface area (Å²) in [5, 5.41) is 0. The van der Waals surface area contributed by atoms with Crippen LogP contribution in [0.5, 0.6) is 5.75 Å². The molecule has 0 unspecified atom stereocenters. The second-order valence-electron chi connectivity index (χ2n) is 3.14. The maximum absolute atomic E-state index is 11.6. The zero-order chi connectivity index (χ0) is 11.8. The Morgan fingerprint density at radius 2 is 2.19 bits per heavy atom. The van der Waals surface area contributed by atoms with E-state index in [2.05, 4.69) is 6.58 Å². The molecule has 0 saturated heterocycles. The molecule has 1 rings (SSSR count). The van der Waals surface area contributed by atoms with Gasteiger partial charge in [0.25, 0.3) is 0 Å². The van der Waals surface area contributed by atoms with Gasteiger partial charge < -0.3 is 9.47 Å². The number of esters is 1. The predicted molar refractivity (Wildman–Crippen MR) is 62.7 cm³/mol. The van der Waals surface area contributed by atoms with E-state index in [1.54, 1.807) is 31.2 Å². The molecule has 0 aromatic heterocycles. The Balaban J connectivity index is 2.74. The number of hydrogen-bond acceptors (Lipinski definition) is 3. The summed E-state index contributed by atoms with van der Waals surface area (Å²) >= 11 is 0. The van der Waals surface area contributed by atoms with E-state index >= 15 is 0 Å². The Morgan fingerprint density at radius 3 is 2.88 bits per heavy atom. The average Bonchev–Trinajstić information content (AvgIpc) is 2.30. The fourth-order valence-corrected chi connectivity index (χ4v) is 1.22. The quantitative estimate of drug-likeness (QED) is 0.420. The Morgan fingerprint density at radius 1 is 1.44 bits per heavy atom. The number of benzene rings is 1. The molecule has 1 aromatic carbocycles. The number of para-hydroxylation sites is 1. The van der Waals surface area contributed by atoms with Gasteiger partial charge in [-0.3, -0.25) is 0 Å². The molecule has 0 spiro atoms. The van der Waals surface area contributed by atoms with Crippen molar-refractivity contribution in [2.24, 2.45) is 0 Å². The van der Waals surface area contributed by atoms with Crippen LogP contribution in [0, 0.1) is 0 Å². The van der Waals surface area contributed by atoms with Crippen LogP contribution in [0.2, 0.25) is 0 Å². The summed E-state index contributed by atoms with van der Waals surface area (Å²) in [6.45, 7) is 6.26. The lowest BCUT2D eigenvalue weighted by Crippen LogP contribution is -2.08. The van der Waals surface area contributed by atoms with E-state index in [4.69, 9.17) is 9.47 Å². The zero-order valence-electron chi connectivity index (χ0n) is 9.44. The zero-order valence-corrected chi connectivity index (χ0v) is 9.44. The standard InChI is InChI=1S/C13H16O3/c1-3-5-10-16-12-9-7-6-8-11(12)13(14)15-4-2/h3,6-9H,1,4-5,10H2,2H3. The molecular formula is C13H16O3. The first-order valence-corrected chi connectivity index (χ1v) is 5.29. The van der Waals surface area contributed by atoms with Crippen molar-refractivity contribution in [1.82, 2.24) is 0 Å². The van der Waals surface area contributed by atoms with Crippen LogP contribution in [0.15, 0.2) is 36.9 Å². The molecule has 3 nitrogen and oxygen atoms in total. The van der Waals surface area contributed by atoms with Crippen LogP contribution in [-0.4, -0.2) is 19.2 Å². The molecular weight excluding hydrogens is 204 g/mol. The normalized spacial score (nSPS) is 9.56. The highest BCUT2D eigenvalue weighted by Gasteiger charge is 2.12. The van der Waals surface area contributed by atoms with Gasteiger partial charge in [-0.2, -0.15) is 0 Å². The third kappa shape index (κ3) is 3.42. The molecule has 0 amide bonds. The highest BCUT2D eigenvalue weighted by Crippen LogP contribution is 2.19. The van der Waals surface area contributed by atoms with Gasteiger partial charge in [-0.1, -0.05) is 18.2 Å². The van der Waals surface area contributed by atoms with E-state index in [9.17, 15) is 4.79 Å². The van der Waals surface area contributed by atoms with E-state index in [1.807, 2.05) is 6.07 Å². The Kier molecular flexibility index (Phi) is 5.12. The van der Waals surface area contributed by atoms with Gasteiger partial charge in [-0.15, -0.1) is 6.58 Å². The van der Waals surface area contributed by atoms with Gasteiger partial charge in [-0.05, 0) is 25.5 Å². The number of carbonyl (C=O) groups excluding carboxylic acids is 1. The predicted octanol–water partition coefficient (Wildman–Crippen LogP) is 2.82. The van der Waals surface area contributed by atoms with E-state index < -0.39 is 0 Å². The third-order valence-electron chi connectivity index (χ3n) is 1.96. The molecule has 0 aliphatic heterocycles. The van der Waals surface area contributed by atoms with Gasteiger partial charge in [0, 0.05) is 0 Å². The van der Waals surface area contributed by atoms with Gasteiger partial charge >= 0.3 is 5.97 Å². The van der Waals surface area contributed by atoms with Gasteiger partial charge in [-0.25, -0.2) is 4.79 Å². The summed E-state index contributed by atoms with van der Waals surface area (Å²) in [6.07, 6.45) is 2.52. The van der Waals surface area contributed by atoms with Crippen molar-refractivity contribution in [2.45, 2.75) is 13.3 Å². The van der Waals surface area contributed by atoms with Crippen LogP contribution in [0.4, 0.5) is 0 Å². The molecule has 16 heavy (non-hydrogen) atoms. The molecule has 0 aliphatic rings. The molecule has 0 radical (unpaired) electrons. The fraction of sp³-hybridized carbons (Fsp3) is 0.308. The van der Waals surface area contributed by atoms with Crippen LogP contribution < -0.4 is 4.74 Å². The SMILES string of the molecule is C=CCCOc1ccccc1C(=O)OCC. The van der Waals surface area contributed by atoms with Gasteiger partial charge in [0.2, 0.25) is 0 Å². The van der Waals surface area contributed by atoms with E-state index in [0.29, 0.717) is 24.5 Å². The summed E-state index contributed by atoms with van der Waals surface area (Å²) in [5.74, 6) is 0.208. The third-order valence-corrected chi connectivity index (χ3v) is 1.96. The van der Waals surface area contributed by atoms with Gasteiger partial charge in [0.15, 0.2) is 0 Å². The van der Waals surface area contributed by atoms with Crippen molar-refractivity contribution in [2.75, 3.05) is 13.2 Å². The first-order valence-electron chi connectivity index (χ1n) is 5.29. The smallest absolute Gasteiger partial charge is 0.341 e. The number of ether oxygens (including phenoxy) is 2. The topological polar surface area (TPSA) is 35.5 Å². The van der Waals surface area contributed by atoms with Gasteiger partial charge in [0.05, 0.1) is 13.2 Å². The van der Waals surface area contributed by atoms with Crippen molar-refractivity contribution >= 4 is 5.97 Å². The van der Waals surface area contributed by atoms with Crippen LogP contribution >= 0.6 is 0 Å². The first kappa shape index (κ1) is 12.3. The van der Waals surface area contributed by atoms with Crippen molar-refractivity contribution in [3.05, 3.63) is 42.5 Å². The average molecular weight is 220 g/mol. The second kappa shape index (κ2) is 6.67. The van der Waals surface area contributed by atoms with E-state index in [0.717, 1.165) is 6.42 Å². The molecule has 0 N–H and O–H groups in total. The van der Waals surface area contributed by atoms with E-state index in [-0.39, 0.29) is 5.97 Å². The molecule has 1 aromatic rings. The van der Waals surface area contributed by atoms with Crippen LogP contribution in [0.25, 0.3) is 0 Å². The lowest BCUT2D eigenvalue weighted by Gasteiger charge is -2.09. The largest absolute Gasteiger partial charge is 0.492 e. The molecule has 0 atom stereocenters. The summed E-state index contributed by atoms with van der Waals surface area (Å²) in [6, 6.07) is 7.06. The molecule has 86 valence electrons. The van der Waals surface area contributed by atoms with Crippen molar-refractivity contribution in [3.8, 4) is 5.75 Å². The van der Waals surface area contributed by atoms with Crippen molar-refractivity contribution < 1.29 is 14.3 Å². The molecule has 3 heteroatoms. The Hall–Kier alpha value is -1.77. The minimum Gasteiger partial charge on any atom is -0.492 e. The minimum absolute atomic E-state index is 0.350. The highest BCUT2D eigenvalue weighted by atomic mass is 16.5. The monoisotopic (exact) mass is 220 g/mol. The maximum Gasteiger partial charge on any atom is 0.341 e. The number of hydrogen-bond donors (Lipinski definition) is 0. The molecule has 0 saturated carbocycles.